The zero-order valence-electron chi connectivity index (χ0n) is 7.58. The summed E-state index contributed by atoms with van der Waals surface area (Å²) in [6.45, 7) is 0. The summed E-state index contributed by atoms with van der Waals surface area (Å²) in [5.41, 5.74) is 0. The van der Waals surface area contributed by atoms with Crippen molar-refractivity contribution in [2.24, 2.45) is 0 Å². The normalized spacial score (nSPS) is 11.9. The van der Waals surface area contributed by atoms with Crippen molar-refractivity contribution >= 4 is 33.5 Å². The molecular weight excluding hydrogens is 232 g/mol. The molecule has 0 saturated carbocycles. The first-order valence-corrected chi connectivity index (χ1v) is 6.07. The van der Waals surface area contributed by atoms with Crippen molar-refractivity contribution in [1.82, 2.24) is 0 Å². The number of thiol groups is 1. The summed E-state index contributed by atoms with van der Waals surface area (Å²) in [6.07, 6.45) is 0. The molecule has 0 amide bonds. The predicted octanol–water partition coefficient (Wildman–Crippen LogP) is 2.38. The minimum absolute atomic E-state index is 0.135. The Morgan fingerprint density at radius 2 is 1.73 bits per heavy atom. The lowest BCUT2D eigenvalue weighted by Gasteiger charge is -2.06. The molecule has 0 saturated heterocycles. The van der Waals surface area contributed by atoms with E-state index >= 15 is 0 Å². The van der Waals surface area contributed by atoms with E-state index in [2.05, 4.69) is 12.6 Å². The Bertz CT molecular complexity index is 618. The van der Waals surface area contributed by atoms with Gasteiger partial charge in [0.15, 0.2) is 0 Å². The molecule has 2 aromatic rings. The first-order chi connectivity index (χ1) is 7.00. The van der Waals surface area contributed by atoms with E-state index in [1.54, 1.807) is 36.4 Å². The van der Waals surface area contributed by atoms with E-state index in [9.17, 15) is 8.42 Å². The summed E-state index contributed by atoms with van der Waals surface area (Å²) in [4.78, 5) is 0.111. The maximum atomic E-state index is 11.2. The van der Waals surface area contributed by atoms with Crippen molar-refractivity contribution in [3.05, 3.63) is 36.4 Å². The Balaban J connectivity index is 2.99. The van der Waals surface area contributed by atoms with Crippen LogP contribution in [0.5, 0.6) is 0 Å². The van der Waals surface area contributed by atoms with Crippen LogP contribution in [0, 0.1) is 0 Å². The van der Waals surface area contributed by atoms with Crippen LogP contribution in [0.4, 0.5) is 0 Å². The maximum absolute atomic E-state index is 11.2. The molecule has 2 rings (SSSR count). The molecule has 0 spiro atoms. The fraction of sp³-hybridized carbons (Fsp3) is 0. The molecule has 0 atom stereocenters. The SMILES string of the molecule is O=S(=O)(O)c1c(S)ccc2ccccc12. The Kier molecular flexibility index (Phi) is 2.46. The summed E-state index contributed by atoms with van der Waals surface area (Å²) in [6, 6.07) is 10.2. The van der Waals surface area contributed by atoms with Crippen molar-refractivity contribution in [3.8, 4) is 0 Å². The van der Waals surface area contributed by atoms with Crippen LogP contribution in [0.1, 0.15) is 0 Å². The van der Waals surface area contributed by atoms with Crippen molar-refractivity contribution in [1.29, 1.82) is 0 Å². The van der Waals surface area contributed by atoms with E-state index in [1.807, 2.05) is 0 Å². The summed E-state index contributed by atoms with van der Waals surface area (Å²) in [5.74, 6) is 0. The third-order valence-corrected chi connectivity index (χ3v) is 3.60. The first kappa shape index (κ1) is 10.5. The van der Waals surface area contributed by atoms with Gasteiger partial charge in [0.25, 0.3) is 10.1 Å². The van der Waals surface area contributed by atoms with Crippen LogP contribution in [0.3, 0.4) is 0 Å². The molecule has 0 aromatic heterocycles. The molecule has 0 aliphatic rings. The summed E-state index contributed by atoms with van der Waals surface area (Å²) >= 11 is 4.03. The van der Waals surface area contributed by atoms with Crippen LogP contribution in [0.25, 0.3) is 10.8 Å². The summed E-state index contributed by atoms with van der Waals surface area (Å²) in [5, 5.41) is 1.23. The average molecular weight is 240 g/mol. The maximum Gasteiger partial charge on any atom is 0.296 e. The van der Waals surface area contributed by atoms with E-state index in [4.69, 9.17) is 4.55 Å². The van der Waals surface area contributed by atoms with Gasteiger partial charge in [-0.15, -0.1) is 12.6 Å². The molecule has 0 bridgehead atoms. The fourth-order valence-corrected chi connectivity index (χ4v) is 2.84. The highest BCUT2D eigenvalue weighted by atomic mass is 32.2. The van der Waals surface area contributed by atoms with Gasteiger partial charge >= 0.3 is 0 Å². The molecule has 78 valence electrons. The molecule has 0 radical (unpaired) electrons. The van der Waals surface area contributed by atoms with Crippen LogP contribution in [-0.2, 0) is 10.1 Å². The fourth-order valence-electron chi connectivity index (χ4n) is 1.50. The smallest absolute Gasteiger partial charge is 0.282 e. The van der Waals surface area contributed by atoms with Gasteiger partial charge < -0.3 is 0 Å². The highest BCUT2D eigenvalue weighted by molar-refractivity contribution is 7.87. The van der Waals surface area contributed by atoms with Gasteiger partial charge in [0, 0.05) is 10.3 Å². The lowest BCUT2D eigenvalue weighted by atomic mass is 10.1. The zero-order chi connectivity index (χ0) is 11.1. The number of benzene rings is 2. The third-order valence-electron chi connectivity index (χ3n) is 2.12. The van der Waals surface area contributed by atoms with Gasteiger partial charge in [-0.25, -0.2) is 0 Å². The van der Waals surface area contributed by atoms with Crippen molar-refractivity contribution in [2.45, 2.75) is 9.79 Å². The Morgan fingerprint density at radius 3 is 2.40 bits per heavy atom. The van der Waals surface area contributed by atoms with Crippen molar-refractivity contribution in [3.63, 3.8) is 0 Å². The van der Waals surface area contributed by atoms with Crippen LogP contribution in [0.15, 0.2) is 46.2 Å². The number of fused-ring (bicyclic) bond motifs is 1. The van der Waals surface area contributed by atoms with Crippen LogP contribution in [-0.4, -0.2) is 13.0 Å². The molecular formula is C10H8O3S2. The molecule has 0 fully saturated rings. The number of hydrogen-bond acceptors (Lipinski definition) is 3. The van der Waals surface area contributed by atoms with Gasteiger partial charge in [-0.3, -0.25) is 4.55 Å². The summed E-state index contributed by atoms with van der Waals surface area (Å²) < 4.78 is 31.4. The van der Waals surface area contributed by atoms with Crippen LogP contribution in [0.2, 0.25) is 0 Å². The third kappa shape index (κ3) is 1.86. The van der Waals surface area contributed by atoms with Gasteiger partial charge in [-0.1, -0.05) is 30.3 Å². The van der Waals surface area contributed by atoms with Gasteiger partial charge in [-0.2, -0.15) is 8.42 Å². The van der Waals surface area contributed by atoms with Crippen molar-refractivity contribution in [2.75, 3.05) is 0 Å². The van der Waals surface area contributed by atoms with E-state index in [1.165, 1.54) is 0 Å². The number of hydrogen-bond donors (Lipinski definition) is 2. The summed E-state index contributed by atoms with van der Waals surface area (Å²) in [7, 11) is -4.24. The quantitative estimate of drug-likeness (QED) is 0.594. The Labute approximate surface area is 92.9 Å². The molecule has 2 aromatic carbocycles. The zero-order valence-corrected chi connectivity index (χ0v) is 9.29. The van der Waals surface area contributed by atoms with Gasteiger partial charge in [0.05, 0.1) is 0 Å². The van der Waals surface area contributed by atoms with E-state index in [-0.39, 0.29) is 9.79 Å². The largest absolute Gasteiger partial charge is 0.296 e. The highest BCUT2D eigenvalue weighted by Gasteiger charge is 2.16. The molecule has 5 heteroatoms. The second-order valence-electron chi connectivity index (χ2n) is 3.11. The highest BCUT2D eigenvalue weighted by Crippen LogP contribution is 2.28. The lowest BCUT2D eigenvalue weighted by Crippen LogP contribution is -2.00. The van der Waals surface area contributed by atoms with Gasteiger partial charge in [0.1, 0.15) is 4.90 Å². The molecule has 1 N–H and O–H groups in total. The van der Waals surface area contributed by atoms with Crippen LogP contribution < -0.4 is 0 Å². The molecule has 0 aliphatic heterocycles. The number of rotatable bonds is 1. The van der Waals surface area contributed by atoms with Gasteiger partial charge in [0.2, 0.25) is 0 Å². The second-order valence-corrected chi connectivity index (χ2v) is 4.95. The van der Waals surface area contributed by atoms with Gasteiger partial charge in [-0.05, 0) is 11.5 Å². The van der Waals surface area contributed by atoms with Crippen molar-refractivity contribution < 1.29 is 13.0 Å². The van der Waals surface area contributed by atoms with E-state index in [0.717, 1.165) is 5.39 Å². The molecule has 0 heterocycles. The lowest BCUT2D eigenvalue weighted by molar-refractivity contribution is 0.482. The standard InChI is InChI=1S/C10H8O3S2/c11-15(12,13)10-8-4-2-1-3-7(8)5-6-9(10)14/h1-6,14H,(H,11,12,13). The van der Waals surface area contributed by atoms with E-state index < -0.39 is 10.1 Å². The second kappa shape index (κ2) is 3.52. The average Bonchev–Trinajstić information content (AvgIpc) is 2.15. The molecule has 0 aliphatic carbocycles. The monoisotopic (exact) mass is 240 g/mol. The Morgan fingerprint density at radius 1 is 1.07 bits per heavy atom. The molecule has 15 heavy (non-hydrogen) atoms. The van der Waals surface area contributed by atoms with E-state index in [0.29, 0.717) is 5.39 Å². The van der Waals surface area contributed by atoms with Crippen LogP contribution >= 0.6 is 12.6 Å². The minimum Gasteiger partial charge on any atom is -0.282 e. The Hall–Kier alpha value is -1.04. The molecule has 3 nitrogen and oxygen atoms in total. The first-order valence-electron chi connectivity index (χ1n) is 4.18. The molecule has 0 unspecified atom stereocenters. The topological polar surface area (TPSA) is 54.4 Å². The predicted molar refractivity (Wildman–Crippen MR) is 61.0 cm³/mol. The minimum atomic E-state index is -4.24.